The van der Waals surface area contributed by atoms with Crippen molar-refractivity contribution >= 4 is 0 Å². The van der Waals surface area contributed by atoms with Gasteiger partial charge in [-0.25, -0.2) is 0 Å². The van der Waals surface area contributed by atoms with E-state index in [1.807, 2.05) is 18.2 Å². The van der Waals surface area contributed by atoms with Crippen molar-refractivity contribution in [3.63, 3.8) is 0 Å². The Kier molecular flexibility index (Phi) is 4.58. The van der Waals surface area contributed by atoms with E-state index in [0.717, 1.165) is 11.3 Å². The lowest BCUT2D eigenvalue weighted by atomic mass is 9.69. The SMILES string of the molecule is COc1cccc(C2(N)C=CC(C(C)C)=CC2C(C)C)c1. The summed E-state index contributed by atoms with van der Waals surface area (Å²) in [5.41, 5.74) is 8.83. The monoisotopic (exact) mass is 285 g/mol. The zero-order valence-electron chi connectivity index (χ0n) is 13.8. The number of hydrogen-bond acceptors (Lipinski definition) is 2. The van der Waals surface area contributed by atoms with E-state index in [-0.39, 0.29) is 5.92 Å². The van der Waals surface area contributed by atoms with Crippen molar-refractivity contribution in [3.05, 3.63) is 53.6 Å². The third-order valence-corrected chi connectivity index (χ3v) is 4.43. The third-order valence-electron chi connectivity index (χ3n) is 4.43. The van der Waals surface area contributed by atoms with Gasteiger partial charge in [0.1, 0.15) is 5.75 Å². The first-order valence-corrected chi connectivity index (χ1v) is 7.73. The maximum atomic E-state index is 6.82. The van der Waals surface area contributed by atoms with Crippen LogP contribution in [-0.4, -0.2) is 7.11 Å². The molecule has 2 unspecified atom stereocenters. The van der Waals surface area contributed by atoms with Crippen molar-refractivity contribution in [2.45, 2.75) is 33.2 Å². The van der Waals surface area contributed by atoms with E-state index in [4.69, 9.17) is 10.5 Å². The minimum atomic E-state index is -0.471. The Hall–Kier alpha value is -1.54. The fourth-order valence-electron chi connectivity index (χ4n) is 3.06. The lowest BCUT2D eigenvalue weighted by molar-refractivity contribution is 0.309. The minimum absolute atomic E-state index is 0.284. The van der Waals surface area contributed by atoms with Gasteiger partial charge in [-0.1, -0.05) is 58.1 Å². The molecule has 2 nitrogen and oxygen atoms in total. The fraction of sp³-hybridized carbons (Fsp3) is 0.474. The van der Waals surface area contributed by atoms with Gasteiger partial charge in [-0.15, -0.1) is 0 Å². The summed E-state index contributed by atoms with van der Waals surface area (Å²) in [4.78, 5) is 0. The second kappa shape index (κ2) is 6.07. The van der Waals surface area contributed by atoms with Crippen molar-refractivity contribution in [1.29, 1.82) is 0 Å². The molecule has 2 atom stereocenters. The lowest BCUT2D eigenvalue weighted by Crippen LogP contribution is -2.45. The molecule has 0 heterocycles. The summed E-state index contributed by atoms with van der Waals surface area (Å²) in [6, 6.07) is 8.11. The van der Waals surface area contributed by atoms with E-state index in [1.54, 1.807) is 7.11 Å². The van der Waals surface area contributed by atoms with Gasteiger partial charge >= 0.3 is 0 Å². The summed E-state index contributed by atoms with van der Waals surface area (Å²) in [6.45, 7) is 8.92. The summed E-state index contributed by atoms with van der Waals surface area (Å²) >= 11 is 0. The Morgan fingerprint density at radius 2 is 1.90 bits per heavy atom. The molecule has 0 radical (unpaired) electrons. The Balaban J connectivity index is 2.47. The molecule has 2 rings (SSSR count). The zero-order valence-corrected chi connectivity index (χ0v) is 13.8. The summed E-state index contributed by atoms with van der Waals surface area (Å²) in [6.07, 6.45) is 6.71. The number of ether oxygens (including phenoxy) is 1. The molecule has 0 saturated carbocycles. The standard InChI is InChI=1S/C19H27NO/c1-13(2)15-9-10-19(20,18(11-15)14(3)4)16-7-6-8-17(12-16)21-5/h6-14,18H,20H2,1-5H3. The number of allylic oxidation sites excluding steroid dienone is 2. The molecule has 0 spiro atoms. The Bertz CT molecular complexity index is 556. The van der Waals surface area contributed by atoms with Gasteiger partial charge in [0.15, 0.2) is 0 Å². The molecule has 21 heavy (non-hydrogen) atoms. The van der Waals surface area contributed by atoms with Crippen LogP contribution in [0.5, 0.6) is 5.75 Å². The Morgan fingerprint density at radius 3 is 2.48 bits per heavy atom. The second-order valence-corrected chi connectivity index (χ2v) is 6.59. The highest BCUT2D eigenvalue weighted by Crippen LogP contribution is 2.40. The van der Waals surface area contributed by atoms with Crippen LogP contribution >= 0.6 is 0 Å². The van der Waals surface area contributed by atoms with E-state index in [9.17, 15) is 0 Å². The molecule has 2 heteroatoms. The molecule has 0 bridgehead atoms. The highest BCUT2D eigenvalue weighted by Gasteiger charge is 2.37. The molecule has 0 aromatic heterocycles. The van der Waals surface area contributed by atoms with Gasteiger partial charge in [-0.3, -0.25) is 0 Å². The van der Waals surface area contributed by atoms with Crippen molar-refractivity contribution in [3.8, 4) is 5.75 Å². The van der Waals surface area contributed by atoms with E-state index in [2.05, 4.69) is 52.0 Å². The summed E-state index contributed by atoms with van der Waals surface area (Å²) < 4.78 is 5.35. The molecular weight excluding hydrogens is 258 g/mol. The van der Waals surface area contributed by atoms with Gasteiger partial charge in [0, 0.05) is 5.92 Å². The van der Waals surface area contributed by atoms with Crippen LogP contribution in [0, 0.1) is 17.8 Å². The van der Waals surface area contributed by atoms with Crippen LogP contribution in [0.25, 0.3) is 0 Å². The van der Waals surface area contributed by atoms with Crippen LogP contribution in [0.15, 0.2) is 48.1 Å². The number of nitrogens with two attached hydrogens (primary N) is 1. The van der Waals surface area contributed by atoms with Crippen LogP contribution in [0.2, 0.25) is 0 Å². The van der Waals surface area contributed by atoms with Crippen molar-refractivity contribution in [2.24, 2.45) is 23.5 Å². The van der Waals surface area contributed by atoms with Crippen LogP contribution in [0.4, 0.5) is 0 Å². The molecule has 0 saturated heterocycles. The van der Waals surface area contributed by atoms with E-state index < -0.39 is 5.54 Å². The largest absolute Gasteiger partial charge is 0.497 e. The first-order valence-electron chi connectivity index (χ1n) is 7.73. The van der Waals surface area contributed by atoms with Crippen molar-refractivity contribution in [1.82, 2.24) is 0 Å². The topological polar surface area (TPSA) is 35.2 Å². The normalized spacial score (nSPS) is 25.3. The smallest absolute Gasteiger partial charge is 0.119 e. The molecule has 114 valence electrons. The van der Waals surface area contributed by atoms with Crippen molar-refractivity contribution < 1.29 is 4.74 Å². The summed E-state index contributed by atoms with van der Waals surface area (Å²) in [5.74, 6) is 2.14. The molecule has 1 aliphatic carbocycles. The summed E-state index contributed by atoms with van der Waals surface area (Å²) in [5, 5.41) is 0. The molecule has 2 N–H and O–H groups in total. The maximum absolute atomic E-state index is 6.82. The number of hydrogen-bond donors (Lipinski definition) is 1. The highest BCUT2D eigenvalue weighted by atomic mass is 16.5. The minimum Gasteiger partial charge on any atom is -0.497 e. The zero-order chi connectivity index (χ0) is 15.6. The predicted octanol–water partition coefficient (Wildman–Crippen LogP) is 4.27. The molecule has 1 aliphatic rings. The lowest BCUT2D eigenvalue weighted by Gasteiger charge is -2.40. The first-order chi connectivity index (χ1) is 9.88. The van der Waals surface area contributed by atoms with E-state index in [1.165, 1.54) is 5.57 Å². The summed E-state index contributed by atoms with van der Waals surface area (Å²) in [7, 11) is 1.69. The molecule has 1 aromatic carbocycles. The number of benzene rings is 1. The second-order valence-electron chi connectivity index (χ2n) is 6.59. The Labute approximate surface area is 128 Å². The maximum Gasteiger partial charge on any atom is 0.119 e. The molecule has 0 fully saturated rings. The van der Waals surface area contributed by atoms with E-state index in [0.29, 0.717) is 11.8 Å². The van der Waals surface area contributed by atoms with Gasteiger partial charge in [0.05, 0.1) is 12.6 Å². The van der Waals surface area contributed by atoms with Crippen LogP contribution in [0.1, 0.15) is 33.3 Å². The Morgan fingerprint density at radius 1 is 1.19 bits per heavy atom. The molecular formula is C19H27NO. The quantitative estimate of drug-likeness (QED) is 0.896. The first kappa shape index (κ1) is 15.8. The number of methoxy groups -OCH3 is 1. The van der Waals surface area contributed by atoms with Crippen LogP contribution in [-0.2, 0) is 5.54 Å². The van der Waals surface area contributed by atoms with E-state index >= 15 is 0 Å². The molecule has 1 aromatic rings. The van der Waals surface area contributed by atoms with Crippen molar-refractivity contribution in [2.75, 3.05) is 7.11 Å². The fourth-order valence-corrected chi connectivity index (χ4v) is 3.06. The van der Waals surface area contributed by atoms with Gasteiger partial charge in [-0.05, 0) is 35.1 Å². The van der Waals surface area contributed by atoms with Gasteiger partial charge in [0.25, 0.3) is 0 Å². The predicted molar refractivity (Wildman–Crippen MR) is 89.2 cm³/mol. The number of rotatable bonds is 4. The van der Waals surface area contributed by atoms with Gasteiger partial charge < -0.3 is 10.5 Å². The highest BCUT2D eigenvalue weighted by molar-refractivity contribution is 5.43. The molecule has 0 amide bonds. The third kappa shape index (κ3) is 3.06. The van der Waals surface area contributed by atoms with Crippen LogP contribution < -0.4 is 10.5 Å². The average Bonchev–Trinajstić information content (AvgIpc) is 2.47. The van der Waals surface area contributed by atoms with Crippen LogP contribution in [0.3, 0.4) is 0 Å². The average molecular weight is 285 g/mol. The van der Waals surface area contributed by atoms with Gasteiger partial charge in [0.2, 0.25) is 0 Å². The van der Waals surface area contributed by atoms with Gasteiger partial charge in [-0.2, -0.15) is 0 Å². The molecule has 0 aliphatic heterocycles.